The van der Waals surface area contributed by atoms with Gasteiger partial charge in [0, 0.05) is 29.0 Å². The van der Waals surface area contributed by atoms with Gasteiger partial charge in [-0.3, -0.25) is 0 Å². The molecule has 0 unspecified atom stereocenters. The minimum absolute atomic E-state index is 0.213. The molecule has 2 nitrogen and oxygen atoms in total. The van der Waals surface area contributed by atoms with Gasteiger partial charge in [-0.1, -0.05) is 39.0 Å². The molecule has 0 radical (unpaired) electrons. The molecule has 0 saturated carbocycles. The number of pyridine rings is 1. The number of rotatable bonds is 5. The summed E-state index contributed by atoms with van der Waals surface area (Å²) in [6.45, 7) is 9.72. The lowest BCUT2D eigenvalue weighted by Gasteiger charge is -2.19. The van der Waals surface area contributed by atoms with Crippen LogP contribution in [0.4, 0.5) is 5.82 Å². The molecule has 0 aliphatic rings. The maximum atomic E-state index is 4.40. The van der Waals surface area contributed by atoms with E-state index in [2.05, 4.69) is 68.3 Å². The number of benzene rings is 1. The maximum absolute atomic E-state index is 4.40. The topological polar surface area (TPSA) is 24.9 Å². The molecule has 0 spiro atoms. The number of hydrogen-bond acceptors (Lipinski definition) is 3. The molecule has 1 aromatic carbocycles. The van der Waals surface area contributed by atoms with Gasteiger partial charge < -0.3 is 5.32 Å². The minimum Gasteiger partial charge on any atom is -0.370 e. The fraction of sp³-hybridized carbons (Fsp3) is 0.389. The van der Waals surface area contributed by atoms with Crippen molar-refractivity contribution in [3.8, 4) is 0 Å². The average molecular weight is 300 g/mol. The lowest BCUT2D eigenvalue weighted by atomic mass is 9.87. The molecule has 0 saturated heterocycles. The van der Waals surface area contributed by atoms with Gasteiger partial charge >= 0.3 is 0 Å². The summed E-state index contributed by atoms with van der Waals surface area (Å²) in [6, 6.07) is 13.0. The fourth-order valence-electron chi connectivity index (χ4n) is 2.09. The third kappa shape index (κ3) is 4.50. The Morgan fingerprint density at radius 3 is 2.43 bits per heavy atom. The molecule has 1 aromatic heterocycles. The summed E-state index contributed by atoms with van der Waals surface area (Å²) in [5.41, 5.74) is 2.84. The smallest absolute Gasteiger partial charge is 0.129 e. The van der Waals surface area contributed by atoms with Gasteiger partial charge in [0.25, 0.3) is 0 Å². The standard InChI is InChI=1S/C18H24N2S/c1-5-19-17-14(7-6-12-20-17)13-21-16-10-8-15(9-11-16)18(2,3)4/h6-12H,5,13H2,1-4H3,(H,19,20). The first kappa shape index (κ1) is 15.9. The van der Waals surface area contributed by atoms with Crippen molar-refractivity contribution in [3.63, 3.8) is 0 Å². The van der Waals surface area contributed by atoms with Gasteiger partial charge in [-0.25, -0.2) is 4.98 Å². The zero-order valence-corrected chi connectivity index (χ0v) is 14.1. The Kier molecular flexibility index (Phi) is 5.29. The zero-order chi connectivity index (χ0) is 15.3. The highest BCUT2D eigenvalue weighted by Crippen LogP contribution is 2.28. The minimum atomic E-state index is 0.213. The van der Waals surface area contributed by atoms with Gasteiger partial charge in [0.15, 0.2) is 0 Å². The Balaban J connectivity index is 2.03. The average Bonchev–Trinajstić information content (AvgIpc) is 2.46. The number of hydrogen-bond donors (Lipinski definition) is 1. The van der Waals surface area contributed by atoms with Crippen molar-refractivity contribution in [1.82, 2.24) is 4.98 Å². The van der Waals surface area contributed by atoms with Crippen LogP contribution in [0, 0.1) is 0 Å². The first-order chi connectivity index (χ1) is 10.0. The van der Waals surface area contributed by atoms with Gasteiger partial charge in [-0.2, -0.15) is 0 Å². The van der Waals surface area contributed by atoms with E-state index in [-0.39, 0.29) is 5.41 Å². The van der Waals surface area contributed by atoms with Crippen LogP contribution in [0.2, 0.25) is 0 Å². The molecule has 1 heterocycles. The summed E-state index contributed by atoms with van der Waals surface area (Å²) in [4.78, 5) is 5.70. The van der Waals surface area contributed by atoms with Crippen molar-refractivity contribution in [2.75, 3.05) is 11.9 Å². The Morgan fingerprint density at radius 2 is 1.81 bits per heavy atom. The van der Waals surface area contributed by atoms with Crippen LogP contribution in [0.25, 0.3) is 0 Å². The van der Waals surface area contributed by atoms with E-state index < -0.39 is 0 Å². The van der Waals surface area contributed by atoms with Crippen LogP contribution in [-0.4, -0.2) is 11.5 Å². The number of thioether (sulfide) groups is 1. The van der Waals surface area contributed by atoms with E-state index in [0.29, 0.717) is 0 Å². The van der Waals surface area contributed by atoms with E-state index in [1.807, 2.05) is 24.0 Å². The summed E-state index contributed by atoms with van der Waals surface area (Å²) in [6.07, 6.45) is 1.84. The van der Waals surface area contributed by atoms with E-state index in [9.17, 15) is 0 Å². The molecule has 21 heavy (non-hydrogen) atoms. The highest BCUT2D eigenvalue weighted by atomic mass is 32.2. The van der Waals surface area contributed by atoms with E-state index in [1.165, 1.54) is 16.0 Å². The van der Waals surface area contributed by atoms with E-state index in [1.54, 1.807) is 0 Å². The largest absolute Gasteiger partial charge is 0.370 e. The Hall–Kier alpha value is -1.48. The summed E-state index contributed by atoms with van der Waals surface area (Å²) < 4.78 is 0. The lowest BCUT2D eigenvalue weighted by molar-refractivity contribution is 0.590. The second kappa shape index (κ2) is 6.99. The van der Waals surface area contributed by atoms with Crippen LogP contribution in [0.3, 0.4) is 0 Å². The molecule has 1 N–H and O–H groups in total. The van der Waals surface area contributed by atoms with Crippen LogP contribution in [-0.2, 0) is 11.2 Å². The van der Waals surface area contributed by atoms with Gasteiger partial charge in [0.2, 0.25) is 0 Å². The predicted octanol–water partition coefficient (Wildman–Crippen LogP) is 5.10. The van der Waals surface area contributed by atoms with Crippen LogP contribution in [0.5, 0.6) is 0 Å². The molecule has 3 heteroatoms. The van der Waals surface area contributed by atoms with Crippen molar-refractivity contribution in [3.05, 3.63) is 53.7 Å². The van der Waals surface area contributed by atoms with Crippen LogP contribution in [0.15, 0.2) is 47.5 Å². The molecule has 0 bridgehead atoms. The Morgan fingerprint density at radius 1 is 1.10 bits per heavy atom. The molecule has 112 valence electrons. The van der Waals surface area contributed by atoms with E-state index in [4.69, 9.17) is 0 Å². The predicted molar refractivity (Wildman–Crippen MR) is 93.1 cm³/mol. The molecule has 2 rings (SSSR count). The first-order valence-electron chi connectivity index (χ1n) is 7.42. The van der Waals surface area contributed by atoms with Gasteiger partial charge in [0.1, 0.15) is 5.82 Å². The van der Waals surface area contributed by atoms with Gasteiger partial charge in [0.05, 0.1) is 0 Å². The monoisotopic (exact) mass is 300 g/mol. The lowest BCUT2D eigenvalue weighted by Crippen LogP contribution is -2.10. The molecule has 0 aliphatic carbocycles. The van der Waals surface area contributed by atoms with Crippen molar-refractivity contribution >= 4 is 17.6 Å². The summed E-state index contributed by atoms with van der Waals surface area (Å²) in [5.74, 6) is 1.93. The number of anilines is 1. The molecule has 0 atom stereocenters. The third-order valence-corrected chi connectivity index (χ3v) is 4.41. The second-order valence-electron chi connectivity index (χ2n) is 6.10. The molecule has 0 aliphatic heterocycles. The van der Waals surface area contributed by atoms with E-state index >= 15 is 0 Å². The number of aromatic nitrogens is 1. The van der Waals surface area contributed by atoms with E-state index in [0.717, 1.165) is 18.1 Å². The molecule has 0 amide bonds. The summed E-state index contributed by atoms with van der Waals surface area (Å²) >= 11 is 1.85. The van der Waals surface area contributed by atoms with Crippen LogP contribution in [0.1, 0.15) is 38.8 Å². The summed E-state index contributed by atoms with van der Waals surface area (Å²) in [5, 5.41) is 3.32. The second-order valence-corrected chi connectivity index (χ2v) is 7.15. The van der Waals surface area contributed by atoms with Crippen LogP contribution < -0.4 is 5.32 Å². The third-order valence-electron chi connectivity index (χ3n) is 3.35. The van der Waals surface area contributed by atoms with Crippen molar-refractivity contribution in [2.45, 2.75) is 43.8 Å². The quantitative estimate of drug-likeness (QED) is 0.777. The Labute approximate surface area is 132 Å². The zero-order valence-electron chi connectivity index (χ0n) is 13.3. The summed E-state index contributed by atoms with van der Waals surface area (Å²) in [7, 11) is 0. The SMILES string of the molecule is CCNc1ncccc1CSc1ccc(C(C)(C)C)cc1. The van der Waals surface area contributed by atoms with Crippen molar-refractivity contribution in [2.24, 2.45) is 0 Å². The maximum Gasteiger partial charge on any atom is 0.129 e. The fourth-order valence-corrected chi connectivity index (χ4v) is 2.98. The highest BCUT2D eigenvalue weighted by Gasteiger charge is 2.13. The first-order valence-corrected chi connectivity index (χ1v) is 8.40. The molecular weight excluding hydrogens is 276 g/mol. The highest BCUT2D eigenvalue weighted by molar-refractivity contribution is 7.98. The molecule has 0 fully saturated rings. The molecule has 2 aromatic rings. The Bertz CT molecular complexity index is 571. The number of nitrogens with zero attached hydrogens (tertiary/aromatic N) is 1. The van der Waals surface area contributed by atoms with Gasteiger partial charge in [-0.15, -0.1) is 11.8 Å². The van der Waals surface area contributed by atoms with Crippen molar-refractivity contribution < 1.29 is 0 Å². The van der Waals surface area contributed by atoms with Crippen LogP contribution >= 0.6 is 11.8 Å². The van der Waals surface area contributed by atoms with Gasteiger partial charge in [-0.05, 0) is 36.1 Å². The molecular formula is C18H24N2S. The number of nitrogens with one attached hydrogen (secondary N) is 1. The normalized spacial score (nSPS) is 11.4. The van der Waals surface area contributed by atoms with Crippen molar-refractivity contribution in [1.29, 1.82) is 0 Å².